The van der Waals surface area contributed by atoms with E-state index in [1.54, 1.807) is 39.5 Å². The van der Waals surface area contributed by atoms with Gasteiger partial charge in [-0.2, -0.15) is 0 Å². The second-order valence-corrected chi connectivity index (χ2v) is 9.02. The van der Waals surface area contributed by atoms with E-state index in [0.717, 1.165) is 27.8 Å². The maximum atomic E-state index is 13.3. The van der Waals surface area contributed by atoms with Crippen LogP contribution in [0.15, 0.2) is 53.3 Å². The minimum atomic E-state index is -0.354. The molecule has 0 radical (unpaired) electrons. The monoisotopic (exact) mass is 508 g/mol. The number of rotatable bonds is 7. The third-order valence-corrected chi connectivity index (χ3v) is 6.52. The van der Waals surface area contributed by atoms with Gasteiger partial charge in [0.2, 0.25) is 17.1 Å². The Labute approximate surface area is 215 Å². The largest absolute Gasteiger partial charge is 0.493 e. The number of methoxy groups -OCH3 is 3. The standard InChI is InChI=1S/C28H29ClN2O5/c1-16(32)31-22-10-8-18-13-25(34-2)27(35-3)28(36-4)26(18)20-9-11-23(24(33)14-21(20)22)30-15-17-6-5-7-19(29)12-17/h5-7,9,11-14,22H,8,10,15H2,1-4H3,(H,30,33)(H,31,32). The second kappa shape index (κ2) is 10.9. The van der Waals surface area contributed by atoms with Crippen molar-refractivity contribution in [3.05, 3.63) is 80.5 Å². The van der Waals surface area contributed by atoms with E-state index >= 15 is 0 Å². The summed E-state index contributed by atoms with van der Waals surface area (Å²) in [6, 6.07) is 14.3. The third-order valence-electron chi connectivity index (χ3n) is 6.29. The highest BCUT2D eigenvalue weighted by Crippen LogP contribution is 2.50. The van der Waals surface area contributed by atoms with Gasteiger partial charge < -0.3 is 24.8 Å². The van der Waals surface area contributed by atoms with Crippen LogP contribution < -0.4 is 30.3 Å². The first kappa shape index (κ1) is 25.4. The van der Waals surface area contributed by atoms with Gasteiger partial charge in [0.25, 0.3) is 0 Å². The van der Waals surface area contributed by atoms with E-state index in [0.29, 0.717) is 47.3 Å². The summed E-state index contributed by atoms with van der Waals surface area (Å²) in [5.41, 5.74) is 4.50. The number of benzene rings is 2. The van der Waals surface area contributed by atoms with E-state index in [4.69, 9.17) is 25.8 Å². The summed E-state index contributed by atoms with van der Waals surface area (Å²) in [4.78, 5) is 25.4. The highest BCUT2D eigenvalue weighted by Gasteiger charge is 2.29. The van der Waals surface area contributed by atoms with Crippen LogP contribution in [0.3, 0.4) is 0 Å². The SMILES string of the molecule is COc1cc2c(c(OC)c1OC)-c1ccc(NCc3cccc(Cl)c3)c(=O)cc1C(NC(C)=O)CC2. The summed E-state index contributed by atoms with van der Waals surface area (Å²) in [5.74, 6) is 1.37. The molecule has 0 spiro atoms. The predicted molar refractivity (Wildman–Crippen MR) is 141 cm³/mol. The summed E-state index contributed by atoms with van der Waals surface area (Å²) in [6.45, 7) is 1.91. The fourth-order valence-electron chi connectivity index (χ4n) is 4.70. The number of carbonyl (C=O) groups is 1. The molecule has 1 unspecified atom stereocenters. The zero-order chi connectivity index (χ0) is 25.8. The first-order chi connectivity index (χ1) is 17.4. The quantitative estimate of drug-likeness (QED) is 0.460. The van der Waals surface area contributed by atoms with Crippen LogP contribution in [0.2, 0.25) is 5.02 Å². The first-order valence-corrected chi connectivity index (χ1v) is 12.0. The summed E-state index contributed by atoms with van der Waals surface area (Å²) >= 11 is 6.11. The minimum absolute atomic E-state index is 0.169. The molecule has 2 N–H and O–H groups in total. The average molecular weight is 509 g/mol. The molecule has 0 heterocycles. The molecule has 1 aliphatic rings. The lowest BCUT2D eigenvalue weighted by Gasteiger charge is -2.19. The molecule has 1 amide bonds. The lowest BCUT2D eigenvalue weighted by molar-refractivity contribution is -0.119. The van der Waals surface area contributed by atoms with Crippen molar-refractivity contribution in [2.24, 2.45) is 0 Å². The van der Waals surface area contributed by atoms with Crippen LogP contribution in [0.1, 0.15) is 36.1 Å². The normalized spacial score (nSPS) is 14.1. The van der Waals surface area contributed by atoms with Gasteiger partial charge in [-0.15, -0.1) is 0 Å². The maximum Gasteiger partial charge on any atom is 0.217 e. The molecule has 3 aromatic rings. The Morgan fingerprint density at radius 3 is 2.47 bits per heavy atom. The van der Waals surface area contributed by atoms with E-state index < -0.39 is 0 Å². The lowest BCUT2D eigenvalue weighted by atomic mass is 9.95. The molecule has 0 saturated heterocycles. The number of nitrogens with one attached hydrogen (secondary N) is 2. The Morgan fingerprint density at radius 1 is 1.03 bits per heavy atom. The highest BCUT2D eigenvalue weighted by molar-refractivity contribution is 6.30. The average Bonchev–Trinajstić information content (AvgIpc) is 3.10. The van der Waals surface area contributed by atoms with E-state index in [9.17, 15) is 9.59 Å². The minimum Gasteiger partial charge on any atom is -0.493 e. The Morgan fingerprint density at radius 2 is 1.81 bits per heavy atom. The van der Waals surface area contributed by atoms with Crippen molar-refractivity contribution in [2.75, 3.05) is 26.6 Å². The second-order valence-electron chi connectivity index (χ2n) is 8.58. The van der Waals surface area contributed by atoms with E-state index in [-0.39, 0.29) is 17.4 Å². The summed E-state index contributed by atoms with van der Waals surface area (Å²) in [6.07, 6.45) is 1.25. The van der Waals surface area contributed by atoms with Crippen LogP contribution in [0.5, 0.6) is 17.2 Å². The lowest BCUT2D eigenvalue weighted by Crippen LogP contribution is -2.26. The number of amides is 1. The van der Waals surface area contributed by atoms with Crippen molar-refractivity contribution >= 4 is 23.2 Å². The van der Waals surface area contributed by atoms with Gasteiger partial charge in [-0.05, 0) is 65.4 Å². The van der Waals surface area contributed by atoms with Gasteiger partial charge in [-0.25, -0.2) is 0 Å². The van der Waals surface area contributed by atoms with Gasteiger partial charge in [0.05, 0.1) is 33.1 Å². The summed E-state index contributed by atoms with van der Waals surface area (Å²) in [7, 11) is 4.71. The molecule has 8 heteroatoms. The molecule has 36 heavy (non-hydrogen) atoms. The number of halogens is 1. The van der Waals surface area contributed by atoms with Crippen LogP contribution in [0.25, 0.3) is 11.1 Å². The zero-order valence-corrected chi connectivity index (χ0v) is 21.5. The van der Waals surface area contributed by atoms with Crippen LogP contribution in [0, 0.1) is 0 Å². The number of fused-ring (bicyclic) bond motifs is 3. The molecule has 0 saturated carbocycles. The number of carbonyl (C=O) groups excluding carboxylic acids is 1. The number of hydrogen-bond donors (Lipinski definition) is 2. The fraction of sp³-hybridized carbons (Fsp3) is 0.286. The smallest absolute Gasteiger partial charge is 0.217 e. The molecule has 0 bridgehead atoms. The van der Waals surface area contributed by atoms with Gasteiger partial charge in [-0.3, -0.25) is 9.59 Å². The number of ether oxygens (including phenoxy) is 3. The molecule has 1 atom stereocenters. The van der Waals surface area contributed by atoms with Gasteiger partial charge in [0, 0.05) is 24.1 Å². The Balaban J connectivity index is 1.90. The molecule has 4 rings (SSSR count). The highest BCUT2D eigenvalue weighted by atomic mass is 35.5. The Kier molecular flexibility index (Phi) is 7.70. The summed E-state index contributed by atoms with van der Waals surface area (Å²) < 4.78 is 17.0. The number of anilines is 1. The molecule has 0 aromatic heterocycles. The molecule has 0 fully saturated rings. The molecular formula is C28H29ClN2O5. The third kappa shape index (κ3) is 5.11. The Bertz CT molecular complexity index is 1360. The van der Waals surface area contributed by atoms with Crippen LogP contribution in [-0.4, -0.2) is 27.2 Å². The molecule has 0 aliphatic heterocycles. The molecule has 3 aromatic carbocycles. The van der Waals surface area contributed by atoms with Crippen LogP contribution >= 0.6 is 11.6 Å². The van der Waals surface area contributed by atoms with Gasteiger partial charge in [-0.1, -0.05) is 29.8 Å². The molecule has 1 aliphatic carbocycles. The van der Waals surface area contributed by atoms with Gasteiger partial charge in [0.15, 0.2) is 11.5 Å². The van der Waals surface area contributed by atoms with Crippen molar-refractivity contribution in [2.45, 2.75) is 32.4 Å². The molecule has 188 valence electrons. The molecule has 7 nitrogen and oxygen atoms in total. The van der Waals surface area contributed by atoms with E-state index in [1.165, 1.54) is 6.92 Å². The summed E-state index contributed by atoms with van der Waals surface area (Å²) in [5, 5.41) is 6.88. The van der Waals surface area contributed by atoms with Crippen molar-refractivity contribution in [1.82, 2.24) is 5.32 Å². The van der Waals surface area contributed by atoms with Gasteiger partial charge in [0.1, 0.15) is 0 Å². The maximum absolute atomic E-state index is 13.3. The topological polar surface area (TPSA) is 85.9 Å². The molecular weight excluding hydrogens is 480 g/mol. The van der Waals surface area contributed by atoms with Crippen molar-refractivity contribution in [3.8, 4) is 28.4 Å². The number of hydrogen-bond acceptors (Lipinski definition) is 6. The van der Waals surface area contributed by atoms with Crippen LogP contribution in [0.4, 0.5) is 5.69 Å². The van der Waals surface area contributed by atoms with Crippen molar-refractivity contribution in [3.63, 3.8) is 0 Å². The van der Waals surface area contributed by atoms with E-state index in [2.05, 4.69) is 10.6 Å². The van der Waals surface area contributed by atoms with E-state index in [1.807, 2.05) is 30.3 Å². The Hall–Kier alpha value is -3.71. The van der Waals surface area contributed by atoms with Gasteiger partial charge >= 0.3 is 0 Å². The number of aryl methyl sites for hydroxylation is 1. The van der Waals surface area contributed by atoms with Crippen molar-refractivity contribution < 1.29 is 19.0 Å². The zero-order valence-electron chi connectivity index (χ0n) is 20.7. The fourth-order valence-corrected chi connectivity index (χ4v) is 4.91. The first-order valence-electron chi connectivity index (χ1n) is 11.6. The van der Waals surface area contributed by atoms with Crippen molar-refractivity contribution in [1.29, 1.82) is 0 Å². The predicted octanol–water partition coefficient (Wildman–Crippen LogP) is 5.13. The van der Waals surface area contributed by atoms with Crippen LogP contribution in [-0.2, 0) is 17.8 Å².